The van der Waals surface area contributed by atoms with E-state index in [9.17, 15) is 14.3 Å². The van der Waals surface area contributed by atoms with Gasteiger partial charge >= 0.3 is 0 Å². The van der Waals surface area contributed by atoms with Crippen molar-refractivity contribution in [2.45, 2.75) is 63.6 Å². The summed E-state index contributed by atoms with van der Waals surface area (Å²) < 4.78 is 25.5. The molecule has 1 aliphatic heterocycles. The Morgan fingerprint density at radius 1 is 1.03 bits per heavy atom. The van der Waals surface area contributed by atoms with Gasteiger partial charge in [-0.1, -0.05) is 42.8 Å². The van der Waals surface area contributed by atoms with Crippen molar-refractivity contribution in [2.75, 3.05) is 0 Å². The highest BCUT2D eigenvalue weighted by Crippen LogP contribution is 2.44. The zero-order chi connectivity index (χ0) is 22.8. The number of hydrogen-bond acceptors (Lipinski definition) is 4. The average molecular weight is 452 g/mol. The van der Waals surface area contributed by atoms with E-state index in [1.165, 1.54) is 31.4 Å². The van der Waals surface area contributed by atoms with E-state index >= 15 is 0 Å². The second-order valence-electron chi connectivity index (χ2n) is 9.51. The molecule has 2 aliphatic carbocycles. The standard InChI is InChI=1S/C27H30FNO4/c28-23-9-7-20(8-10-23)22-13-25(27(31)29-24-12-19-5-6-21(24)11-19)33-26(14-22)32-16-18-3-1-17(15-30)2-4-18/h1-4,7-10,13,19,21-22,24,26,30H,5-6,11-12,14-16H2,(H,29,31)/t19?,21?,22-,24?,26+/m1/s1. The number of ether oxygens (including phenoxy) is 2. The summed E-state index contributed by atoms with van der Waals surface area (Å²) >= 11 is 0. The number of amides is 1. The van der Waals surface area contributed by atoms with E-state index in [0.717, 1.165) is 29.0 Å². The van der Waals surface area contributed by atoms with E-state index in [0.29, 0.717) is 18.9 Å². The molecule has 3 aliphatic rings. The molecule has 5 atom stereocenters. The van der Waals surface area contributed by atoms with Gasteiger partial charge in [0.15, 0.2) is 5.76 Å². The zero-order valence-corrected chi connectivity index (χ0v) is 18.6. The molecular weight excluding hydrogens is 421 g/mol. The maximum Gasteiger partial charge on any atom is 0.286 e. The van der Waals surface area contributed by atoms with Gasteiger partial charge in [-0.3, -0.25) is 4.79 Å². The van der Waals surface area contributed by atoms with E-state index in [1.54, 1.807) is 12.1 Å². The summed E-state index contributed by atoms with van der Waals surface area (Å²) in [5.41, 5.74) is 2.72. The molecule has 0 spiro atoms. The van der Waals surface area contributed by atoms with Crippen LogP contribution in [0.3, 0.4) is 0 Å². The van der Waals surface area contributed by atoms with Crippen LogP contribution >= 0.6 is 0 Å². The molecule has 0 radical (unpaired) electrons. The van der Waals surface area contributed by atoms with Crippen LogP contribution in [0.25, 0.3) is 0 Å². The summed E-state index contributed by atoms with van der Waals surface area (Å²) in [6, 6.07) is 14.1. The van der Waals surface area contributed by atoms with Crippen LogP contribution in [0.4, 0.5) is 4.39 Å². The number of rotatable bonds is 7. The summed E-state index contributed by atoms with van der Waals surface area (Å²) in [6.07, 6.45) is 6.51. The molecule has 5 nitrogen and oxygen atoms in total. The smallest absolute Gasteiger partial charge is 0.286 e. The number of halogens is 1. The Hall–Kier alpha value is -2.70. The normalized spacial score (nSPS) is 28.3. The van der Waals surface area contributed by atoms with Gasteiger partial charge in [0.1, 0.15) is 5.82 Å². The third kappa shape index (κ3) is 5.12. The Kier molecular flexibility index (Phi) is 6.47. The number of carbonyl (C=O) groups excluding carboxylic acids is 1. The van der Waals surface area contributed by atoms with Crippen LogP contribution < -0.4 is 5.32 Å². The highest BCUT2D eigenvalue weighted by atomic mass is 19.1. The quantitative estimate of drug-likeness (QED) is 0.648. The van der Waals surface area contributed by atoms with Crippen molar-refractivity contribution in [3.63, 3.8) is 0 Å². The Labute approximate surface area is 193 Å². The molecule has 33 heavy (non-hydrogen) atoms. The van der Waals surface area contributed by atoms with Crippen molar-refractivity contribution < 1.29 is 23.8 Å². The van der Waals surface area contributed by atoms with Crippen molar-refractivity contribution in [3.05, 3.63) is 82.9 Å². The van der Waals surface area contributed by atoms with Gasteiger partial charge in [-0.05, 0) is 66.0 Å². The molecule has 5 rings (SSSR count). The third-order valence-corrected chi connectivity index (χ3v) is 7.28. The van der Waals surface area contributed by atoms with Gasteiger partial charge in [-0.15, -0.1) is 0 Å². The summed E-state index contributed by atoms with van der Waals surface area (Å²) in [6.45, 7) is 0.325. The molecule has 1 amide bonds. The minimum atomic E-state index is -0.594. The topological polar surface area (TPSA) is 67.8 Å². The second-order valence-corrected chi connectivity index (χ2v) is 9.51. The number of carbonyl (C=O) groups is 1. The highest BCUT2D eigenvalue weighted by molar-refractivity contribution is 5.92. The number of aliphatic hydroxyl groups is 1. The first-order valence-electron chi connectivity index (χ1n) is 11.8. The molecule has 2 saturated carbocycles. The van der Waals surface area contributed by atoms with Crippen LogP contribution in [-0.2, 0) is 27.5 Å². The predicted molar refractivity (Wildman–Crippen MR) is 121 cm³/mol. The lowest BCUT2D eigenvalue weighted by Gasteiger charge is -2.30. The lowest BCUT2D eigenvalue weighted by atomic mass is 9.92. The fourth-order valence-electron chi connectivity index (χ4n) is 5.45. The Morgan fingerprint density at radius 3 is 2.45 bits per heavy atom. The van der Waals surface area contributed by atoms with Crippen molar-refractivity contribution in [2.24, 2.45) is 11.8 Å². The molecule has 1 heterocycles. The molecule has 2 aromatic rings. The van der Waals surface area contributed by atoms with E-state index in [4.69, 9.17) is 9.47 Å². The van der Waals surface area contributed by atoms with Crippen LogP contribution in [0.5, 0.6) is 0 Å². The van der Waals surface area contributed by atoms with Gasteiger partial charge in [0.05, 0.1) is 13.2 Å². The van der Waals surface area contributed by atoms with Gasteiger partial charge in [0, 0.05) is 18.4 Å². The minimum Gasteiger partial charge on any atom is -0.459 e. The number of nitrogens with one attached hydrogen (secondary N) is 1. The molecule has 2 fully saturated rings. The van der Waals surface area contributed by atoms with Crippen LogP contribution in [0.15, 0.2) is 60.4 Å². The third-order valence-electron chi connectivity index (χ3n) is 7.28. The number of allylic oxidation sites excluding steroid dienone is 1. The van der Waals surface area contributed by atoms with Gasteiger partial charge in [0.2, 0.25) is 6.29 Å². The lowest BCUT2D eigenvalue weighted by Crippen LogP contribution is -2.41. The number of hydrogen-bond donors (Lipinski definition) is 2. The van der Waals surface area contributed by atoms with Crippen LogP contribution in [0, 0.1) is 17.7 Å². The fraction of sp³-hybridized carbons (Fsp3) is 0.444. The van der Waals surface area contributed by atoms with Gasteiger partial charge in [-0.25, -0.2) is 4.39 Å². The molecule has 2 aromatic carbocycles. The monoisotopic (exact) mass is 451 g/mol. The number of benzene rings is 2. The van der Waals surface area contributed by atoms with Crippen molar-refractivity contribution in [3.8, 4) is 0 Å². The van der Waals surface area contributed by atoms with Crippen molar-refractivity contribution in [1.29, 1.82) is 0 Å². The molecule has 0 aromatic heterocycles. The van der Waals surface area contributed by atoms with Crippen LogP contribution in [0.1, 0.15) is 54.7 Å². The Bertz CT molecular complexity index is 1000. The van der Waals surface area contributed by atoms with Gasteiger partial charge < -0.3 is 19.9 Å². The average Bonchev–Trinajstić information content (AvgIpc) is 3.47. The Balaban J connectivity index is 1.29. The molecule has 2 bridgehead atoms. The number of fused-ring (bicyclic) bond motifs is 2. The molecular formula is C27H30FNO4. The number of aliphatic hydroxyl groups excluding tert-OH is 1. The second kappa shape index (κ2) is 9.65. The molecule has 2 N–H and O–H groups in total. The van der Waals surface area contributed by atoms with Crippen molar-refractivity contribution >= 4 is 5.91 Å². The van der Waals surface area contributed by atoms with Gasteiger partial charge in [-0.2, -0.15) is 0 Å². The van der Waals surface area contributed by atoms with E-state index < -0.39 is 6.29 Å². The van der Waals surface area contributed by atoms with Crippen LogP contribution in [0.2, 0.25) is 0 Å². The first kappa shape index (κ1) is 22.1. The predicted octanol–water partition coefficient (Wildman–Crippen LogP) is 4.55. The lowest BCUT2D eigenvalue weighted by molar-refractivity contribution is -0.150. The zero-order valence-electron chi connectivity index (χ0n) is 18.6. The minimum absolute atomic E-state index is 0.00190. The molecule has 6 heteroatoms. The molecule has 0 saturated heterocycles. The van der Waals surface area contributed by atoms with Crippen molar-refractivity contribution in [1.82, 2.24) is 5.32 Å². The van der Waals surface area contributed by atoms with E-state index in [1.807, 2.05) is 30.3 Å². The maximum absolute atomic E-state index is 13.5. The molecule has 174 valence electrons. The highest BCUT2D eigenvalue weighted by Gasteiger charge is 2.41. The van der Waals surface area contributed by atoms with E-state index in [-0.39, 0.29) is 36.1 Å². The first-order valence-corrected chi connectivity index (χ1v) is 11.8. The SMILES string of the molecule is O=C(NC1CC2CCC1C2)C1=C[C@@H](c2ccc(F)cc2)C[C@@H](OCc2ccc(CO)cc2)O1. The van der Waals surface area contributed by atoms with Gasteiger partial charge in [0.25, 0.3) is 5.91 Å². The Morgan fingerprint density at radius 2 is 1.79 bits per heavy atom. The fourth-order valence-corrected chi connectivity index (χ4v) is 5.45. The summed E-state index contributed by atoms with van der Waals surface area (Å²) in [5.74, 6) is 0.996. The summed E-state index contributed by atoms with van der Waals surface area (Å²) in [7, 11) is 0. The largest absolute Gasteiger partial charge is 0.459 e. The first-order chi connectivity index (χ1) is 16.1. The maximum atomic E-state index is 13.5. The van der Waals surface area contributed by atoms with E-state index in [2.05, 4.69) is 5.32 Å². The summed E-state index contributed by atoms with van der Waals surface area (Å²) in [4.78, 5) is 13.1. The summed E-state index contributed by atoms with van der Waals surface area (Å²) in [5, 5.41) is 12.4. The van der Waals surface area contributed by atoms with Crippen LogP contribution in [-0.4, -0.2) is 23.3 Å². The molecule has 3 unspecified atom stereocenters.